The van der Waals surface area contributed by atoms with E-state index in [0.717, 1.165) is 11.3 Å². The van der Waals surface area contributed by atoms with Gasteiger partial charge in [-0.05, 0) is 25.0 Å². The van der Waals surface area contributed by atoms with Crippen molar-refractivity contribution in [3.05, 3.63) is 41.9 Å². The minimum Gasteiger partial charge on any atom is -0.332 e. The fourth-order valence-corrected chi connectivity index (χ4v) is 1.07. The number of amides is 2. The minimum atomic E-state index is -0.212. The van der Waals surface area contributed by atoms with Crippen LogP contribution in [0, 0.1) is 5.92 Å². The summed E-state index contributed by atoms with van der Waals surface area (Å²) in [6, 6.07) is 5.40. The lowest BCUT2D eigenvalue weighted by Crippen LogP contribution is -2.32. The fourth-order valence-electron chi connectivity index (χ4n) is 1.07. The Balaban J connectivity index is 2.34. The van der Waals surface area contributed by atoms with Crippen molar-refractivity contribution in [2.45, 2.75) is 27.3 Å². The Labute approximate surface area is 102 Å². The van der Waals surface area contributed by atoms with Crippen LogP contribution in [0.3, 0.4) is 0 Å². The van der Waals surface area contributed by atoms with Crippen LogP contribution in [0.5, 0.6) is 0 Å². The van der Waals surface area contributed by atoms with Crippen molar-refractivity contribution < 1.29 is 4.79 Å². The molecular weight excluding hydrogens is 214 g/mol. The van der Waals surface area contributed by atoms with E-state index in [1.54, 1.807) is 12.4 Å². The number of hydrogen-bond acceptors (Lipinski definition) is 2. The molecule has 0 aliphatic carbocycles. The van der Waals surface area contributed by atoms with Gasteiger partial charge < -0.3 is 10.6 Å². The number of pyridine rings is 1. The van der Waals surface area contributed by atoms with E-state index in [1.165, 1.54) is 0 Å². The van der Waals surface area contributed by atoms with Crippen LogP contribution < -0.4 is 10.6 Å². The maximum Gasteiger partial charge on any atom is 0.319 e. The standard InChI is InChI=1S/C13H19N3O/c1-10(2)11(3)8-15-13(17)16-9-12-6-4-5-7-14-12/h4-8,10H,9H2,1-3H3,(H2,15,16,17)/b11-8+. The quantitative estimate of drug-likeness (QED) is 0.839. The summed E-state index contributed by atoms with van der Waals surface area (Å²) in [6.45, 7) is 6.59. The van der Waals surface area contributed by atoms with Crippen LogP contribution >= 0.6 is 0 Å². The van der Waals surface area contributed by atoms with Crippen LogP contribution in [0.25, 0.3) is 0 Å². The van der Waals surface area contributed by atoms with Gasteiger partial charge in [-0.25, -0.2) is 4.79 Å². The summed E-state index contributed by atoms with van der Waals surface area (Å²) in [5, 5.41) is 5.43. The van der Waals surface area contributed by atoms with Gasteiger partial charge in [-0.15, -0.1) is 0 Å². The van der Waals surface area contributed by atoms with Gasteiger partial charge in [0, 0.05) is 12.4 Å². The Bertz CT molecular complexity index is 385. The molecule has 0 radical (unpaired) electrons. The van der Waals surface area contributed by atoms with Crippen LogP contribution in [0.15, 0.2) is 36.2 Å². The molecule has 17 heavy (non-hydrogen) atoms. The molecule has 1 heterocycles. The van der Waals surface area contributed by atoms with E-state index >= 15 is 0 Å². The second-order valence-electron chi connectivity index (χ2n) is 4.19. The number of allylic oxidation sites excluding steroid dienone is 1. The summed E-state index contributed by atoms with van der Waals surface area (Å²) in [5.74, 6) is 0.436. The number of carbonyl (C=O) groups excluding carboxylic acids is 1. The van der Waals surface area contributed by atoms with Crippen molar-refractivity contribution in [1.82, 2.24) is 15.6 Å². The molecule has 0 bridgehead atoms. The van der Waals surface area contributed by atoms with Crippen LogP contribution in [0.1, 0.15) is 26.5 Å². The molecule has 0 fully saturated rings. The van der Waals surface area contributed by atoms with Gasteiger partial charge in [0.05, 0.1) is 12.2 Å². The van der Waals surface area contributed by atoms with Gasteiger partial charge >= 0.3 is 6.03 Å². The number of nitrogens with one attached hydrogen (secondary N) is 2. The maximum absolute atomic E-state index is 11.4. The average Bonchev–Trinajstić information content (AvgIpc) is 2.34. The SMILES string of the molecule is C/C(=C\NC(=O)NCc1ccccn1)C(C)C. The second kappa shape index (κ2) is 6.68. The van der Waals surface area contributed by atoms with E-state index in [4.69, 9.17) is 0 Å². The highest BCUT2D eigenvalue weighted by atomic mass is 16.2. The molecule has 92 valence electrons. The molecule has 0 saturated heterocycles. The highest BCUT2D eigenvalue weighted by Gasteiger charge is 2.00. The first-order valence-corrected chi connectivity index (χ1v) is 5.70. The molecule has 0 atom stereocenters. The van der Waals surface area contributed by atoms with Crippen molar-refractivity contribution in [3.63, 3.8) is 0 Å². The number of nitrogens with zero attached hydrogens (tertiary/aromatic N) is 1. The zero-order valence-electron chi connectivity index (χ0n) is 10.5. The summed E-state index contributed by atoms with van der Waals surface area (Å²) in [4.78, 5) is 15.6. The third-order valence-electron chi connectivity index (χ3n) is 2.50. The number of hydrogen-bond donors (Lipinski definition) is 2. The minimum absolute atomic E-state index is 0.212. The van der Waals surface area contributed by atoms with Gasteiger partial charge in [0.15, 0.2) is 0 Å². The van der Waals surface area contributed by atoms with Crippen molar-refractivity contribution in [2.75, 3.05) is 0 Å². The van der Waals surface area contributed by atoms with Gasteiger partial charge in [0.25, 0.3) is 0 Å². The summed E-state index contributed by atoms with van der Waals surface area (Å²) >= 11 is 0. The smallest absolute Gasteiger partial charge is 0.319 e. The molecule has 4 heteroatoms. The summed E-state index contributed by atoms with van der Waals surface area (Å²) in [5.41, 5.74) is 1.98. The Morgan fingerprint density at radius 1 is 1.47 bits per heavy atom. The zero-order valence-corrected chi connectivity index (χ0v) is 10.5. The molecule has 0 aliphatic heterocycles. The summed E-state index contributed by atoms with van der Waals surface area (Å²) in [7, 11) is 0. The molecule has 0 aliphatic rings. The van der Waals surface area contributed by atoms with E-state index in [0.29, 0.717) is 12.5 Å². The van der Waals surface area contributed by atoms with E-state index in [2.05, 4.69) is 29.5 Å². The third-order valence-corrected chi connectivity index (χ3v) is 2.50. The lowest BCUT2D eigenvalue weighted by atomic mass is 10.1. The van der Waals surface area contributed by atoms with Crippen molar-refractivity contribution in [1.29, 1.82) is 0 Å². The molecule has 0 aromatic carbocycles. The Hall–Kier alpha value is -1.84. The molecule has 0 unspecified atom stereocenters. The predicted molar refractivity (Wildman–Crippen MR) is 68.2 cm³/mol. The largest absolute Gasteiger partial charge is 0.332 e. The Morgan fingerprint density at radius 3 is 2.82 bits per heavy atom. The normalized spacial score (nSPS) is 11.4. The first kappa shape index (κ1) is 13.2. The molecule has 1 aromatic heterocycles. The first-order valence-electron chi connectivity index (χ1n) is 5.70. The monoisotopic (exact) mass is 233 g/mol. The van der Waals surface area contributed by atoms with Crippen molar-refractivity contribution in [2.24, 2.45) is 5.92 Å². The average molecular weight is 233 g/mol. The number of rotatable bonds is 4. The third kappa shape index (κ3) is 5.15. The lowest BCUT2D eigenvalue weighted by molar-refractivity contribution is 0.243. The van der Waals surface area contributed by atoms with E-state index in [-0.39, 0.29) is 6.03 Å². The molecule has 0 saturated carbocycles. The van der Waals surface area contributed by atoms with Crippen LogP contribution in [-0.2, 0) is 6.54 Å². The molecular formula is C13H19N3O. The van der Waals surface area contributed by atoms with Gasteiger partial charge in [0.2, 0.25) is 0 Å². The highest BCUT2D eigenvalue weighted by Crippen LogP contribution is 2.05. The lowest BCUT2D eigenvalue weighted by Gasteiger charge is -2.07. The predicted octanol–water partition coefficient (Wildman–Crippen LogP) is 2.44. The van der Waals surface area contributed by atoms with Crippen molar-refractivity contribution in [3.8, 4) is 0 Å². The number of carbonyl (C=O) groups is 1. The van der Waals surface area contributed by atoms with E-state index < -0.39 is 0 Å². The Morgan fingerprint density at radius 2 is 2.24 bits per heavy atom. The maximum atomic E-state index is 11.4. The second-order valence-corrected chi connectivity index (χ2v) is 4.19. The van der Waals surface area contributed by atoms with Gasteiger partial charge in [0.1, 0.15) is 0 Å². The summed E-state index contributed by atoms with van der Waals surface area (Å²) in [6.07, 6.45) is 3.44. The Kier molecular flexibility index (Phi) is 5.20. The van der Waals surface area contributed by atoms with Gasteiger partial charge in [-0.3, -0.25) is 4.98 Å². The van der Waals surface area contributed by atoms with Gasteiger partial charge in [-0.2, -0.15) is 0 Å². The molecule has 2 amide bonds. The van der Waals surface area contributed by atoms with Crippen LogP contribution in [0.4, 0.5) is 4.79 Å². The van der Waals surface area contributed by atoms with Crippen molar-refractivity contribution >= 4 is 6.03 Å². The molecule has 1 aromatic rings. The molecule has 1 rings (SSSR count). The van der Waals surface area contributed by atoms with E-state index in [9.17, 15) is 4.79 Å². The summed E-state index contributed by atoms with van der Waals surface area (Å²) < 4.78 is 0. The number of aromatic nitrogens is 1. The number of urea groups is 1. The highest BCUT2D eigenvalue weighted by molar-refractivity contribution is 5.74. The molecule has 2 N–H and O–H groups in total. The van der Waals surface area contributed by atoms with Gasteiger partial charge in [-0.1, -0.05) is 25.5 Å². The van der Waals surface area contributed by atoms with Crippen LogP contribution in [0.2, 0.25) is 0 Å². The zero-order chi connectivity index (χ0) is 12.7. The fraction of sp³-hybridized carbons (Fsp3) is 0.385. The molecule has 4 nitrogen and oxygen atoms in total. The first-order chi connectivity index (χ1) is 8.09. The topological polar surface area (TPSA) is 54.0 Å². The molecule has 0 spiro atoms. The van der Waals surface area contributed by atoms with E-state index in [1.807, 2.05) is 25.1 Å². The van der Waals surface area contributed by atoms with Crippen LogP contribution in [-0.4, -0.2) is 11.0 Å².